The second-order valence-electron chi connectivity index (χ2n) is 5.18. The number of furan rings is 1. The molecule has 3 rings (SSSR count). The highest BCUT2D eigenvalue weighted by molar-refractivity contribution is 5.80. The van der Waals surface area contributed by atoms with Crippen molar-refractivity contribution in [2.75, 3.05) is 0 Å². The quantitative estimate of drug-likeness (QED) is 0.759. The normalized spacial score (nSPS) is 12.7. The summed E-state index contributed by atoms with van der Waals surface area (Å²) in [5.41, 5.74) is 3.21. The SMILES string of the molecule is Cc1cccc2cc(C(O)CCc3ccccc3)oc12. The van der Waals surface area contributed by atoms with Gasteiger partial charge in [-0.15, -0.1) is 0 Å². The minimum Gasteiger partial charge on any atom is -0.458 e. The number of aliphatic hydroxyl groups excluding tert-OH is 1. The van der Waals surface area contributed by atoms with Crippen LogP contribution in [0.3, 0.4) is 0 Å². The number of hydrogen-bond acceptors (Lipinski definition) is 2. The van der Waals surface area contributed by atoms with Gasteiger partial charge in [-0.05, 0) is 37.0 Å². The molecule has 3 aromatic rings. The Labute approximate surface area is 118 Å². The van der Waals surface area contributed by atoms with Gasteiger partial charge in [0.15, 0.2) is 0 Å². The largest absolute Gasteiger partial charge is 0.458 e. The van der Waals surface area contributed by atoms with E-state index in [-0.39, 0.29) is 0 Å². The summed E-state index contributed by atoms with van der Waals surface area (Å²) in [6.07, 6.45) is 0.961. The molecule has 0 bridgehead atoms. The van der Waals surface area contributed by atoms with Crippen molar-refractivity contribution in [3.63, 3.8) is 0 Å². The van der Waals surface area contributed by atoms with Crippen molar-refractivity contribution < 1.29 is 9.52 Å². The molecule has 0 spiro atoms. The van der Waals surface area contributed by atoms with Gasteiger partial charge in [-0.2, -0.15) is 0 Å². The van der Waals surface area contributed by atoms with E-state index in [0.717, 1.165) is 23.0 Å². The molecule has 1 N–H and O–H groups in total. The first kappa shape index (κ1) is 12.9. The molecule has 1 heterocycles. The molecule has 0 amide bonds. The maximum absolute atomic E-state index is 10.3. The van der Waals surface area contributed by atoms with Crippen LogP contribution in [0.15, 0.2) is 59.0 Å². The van der Waals surface area contributed by atoms with Crippen LogP contribution in [0.5, 0.6) is 0 Å². The van der Waals surface area contributed by atoms with Crippen molar-refractivity contribution in [3.05, 3.63) is 71.5 Å². The zero-order valence-corrected chi connectivity index (χ0v) is 11.5. The molecule has 20 heavy (non-hydrogen) atoms. The van der Waals surface area contributed by atoms with Crippen molar-refractivity contribution in [3.8, 4) is 0 Å². The molecule has 2 heteroatoms. The maximum atomic E-state index is 10.3. The van der Waals surface area contributed by atoms with E-state index in [9.17, 15) is 5.11 Å². The van der Waals surface area contributed by atoms with Crippen molar-refractivity contribution in [1.82, 2.24) is 0 Å². The summed E-state index contributed by atoms with van der Waals surface area (Å²) in [6, 6.07) is 18.2. The van der Waals surface area contributed by atoms with Crippen LogP contribution in [-0.2, 0) is 6.42 Å². The Morgan fingerprint density at radius 1 is 1.05 bits per heavy atom. The molecule has 0 aliphatic carbocycles. The van der Waals surface area contributed by atoms with Gasteiger partial charge in [0.1, 0.15) is 17.4 Å². The second kappa shape index (κ2) is 5.51. The van der Waals surface area contributed by atoms with Gasteiger partial charge < -0.3 is 9.52 Å². The summed E-state index contributed by atoms with van der Waals surface area (Å²) in [5.74, 6) is 0.658. The lowest BCUT2D eigenvalue weighted by molar-refractivity contribution is 0.143. The number of fused-ring (bicyclic) bond motifs is 1. The molecule has 1 unspecified atom stereocenters. The molecule has 0 saturated carbocycles. The number of rotatable bonds is 4. The minimum absolute atomic E-state index is 0.554. The summed E-state index contributed by atoms with van der Waals surface area (Å²) in [6.45, 7) is 2.02. The Balaban J connectivity index is 1.75. The van der Waals surface area contributed by atoms with Gasteiger partial charge in [-0.3, -0.25) is 0 Å². The van der Waals surface area contributed by atoms with E-state index in [2.05, 4.69) is 12.1 Å². The zero-order chi connectivity index (χ0) is 13.9. The molecule has 1 aromatic heterocycles. The Kier molecular flexibility index (Phi) is 3.57. The fourth-order valence-electron chi connectivity index (χ4n) is 2.48. The minimum atomic E-state index is -0.554. The van der Waals surface area contributed by atoms with Crippen molar-refractivity contribution in [2.45, 2.75) is 25.9 Å². The van der Waals surface area contributed by atoms with Gasteiger partial charge in [0.25, 0.3) is 0 Å². The smallest absolute Gasteiger partial charge is 0.137 e. The third-order valence-corrected chi connectivity index (χ3v) is 3.64. The fourth-order valence-corrected chi connectivity index (χ4v) is 2.48. The number of aryl methyl sites for hydroxylation is 2. The third-order valence-electron chi connectivity index (χ3n) is 3.64. The van der Waals surface area contributed by atoms with Gasteiger partial charge in [-0.25, -0.2) is 0 Å². The highest BCUT2D eigenvalue weighted by Crippen LogP contribution is 2.28. The van der Waals surface area contributed by atoms with Crippen LogP contribution in [0.1, 0.15) is 29.4 Å². The summed E-state index contributed by atoms with van der Waals surface area (Å²) in [5, 5.41) is 11.3. The van der Waals surface area contributed by atoms with Crippen LogP contribution in [0.2, 0.25) is 0 Å². The van der Waals surface area contributed by atoms with Crippen LogP contribution >= 0.6 is 0 Å². The highest BCUT2D eigenvalue weighted by Gasteiger charge is 2.14. The van der Waals surface area contributed by atoms with Crippen LogP contribution in [0.4, 0.5) is 0 Å². The van der Waals surface area contributed by atoms with E-state index in [0.29, 0.717) is 12.2 Å². The molecule has 0 saturated heterocycles. The van der Waals surface area contributed by atoms with Crippen LogP contribution in [0.25, 0.3) is 11.0 Å². The first-order valence-corrected chi connectivity index (χ1v) is 6.95. The Hall–Kier alpha value is -2.06. The third kappa shape index (κ3) is 2.61. The van der Waals surface area contributed by atoms with Crippen molar-refractivity contribution in [2.24, 2.45) is 0 Å². The molecule has 0 fully saturated rings. The summed E-state index contributed by atoms with van der Waals surface area (Å²) in [7, 11) is 0. The molecular weight excluding hydrogens is 248 g/mol. The molecule has 0 aliphatic rings. The summed E-state index contributed by atoms with van der Waals surface area (Å²) >= 11 is 0. The zero-order valence-electron chi connectivity index (χ0n) is 11.5. The van der Waals surface area contributed by atoms with E-state index in [4.69, 9.17) is 4.42 Å². The van der Waals surface area contributed by atoms with E-state index in [1.807, 2.05) is 49.4 Å². The van der Waals surface area contributed by atoms with Crippen molar-refractivity contribution >= 4 is 11.0 Å². The summed E-state index contributed by atoms with van der Waals surface area (Å²) in [4.78, 5) is 0. The lowest BCUT2D eigenvalue weighted by atomic mass is 10.1. The maximum Gasteiger partial charge on any atom is 0.137 e. The lowest BCUT2D eigenvalue weighted by Crippen LogP contribution is -1.98. The number of para-hydroxylation sites is 1. The number of hydrogen-bond donors (Lipinski definition) is 1. The van der Waals surface area contributed by atoms with E-state index in [1.165, 1.54) is 5.56 Å². The molecule has 2 nitrogen and oxygen atoms in total. The number of aliphatic hydroxyl groups is 1. The van der Waals surface area contributed by atoms with Crippen LogP contribution in [-0.4, -0.2) is 5.11 Å². The molecule has 0 aliphatic heterocycles. The van der Waals surface area contributed by atoms with Gasteiger partial charge >= 0.3 is 0 Å². The standard InChI is InChI=1S/C18H18O2/c1-13-6-5-9-15-12-17(20-18(13)15)16(19)11-10-14-7-3-2-4-8-14/h2-9,12,16,19H,10-11H2,1H3. The molecule has 1 atom stereocenters. The van der Waals surface area contributed by atoms with Gasteiger partial charge in [0.2, 0.25) is 0 Å². The van der Waals surface area contributed by atoms with E-state index < -0.39 is 6.10 Å². The van der Waals surface area contributed by atoms with Gasteiger partial charge in [-0.1, -0.05) is 48.5 Å². The Morgan fingerprint density at radius 2 is 1.85 bits per heavy atom. The van der Waals surface area contributed by atoms with Crippen LogP contribution in [0, 0.1) is 6.92 Å². The average Bonchev–Trinajstić information content (AvgIpc) is 2.91. The van der Waals surface area contributed by atoms with Crippen molar-refractivity contribution in [1.29, 1.82) is 0 Å². The Morgan fingerprint density at radius 3 is 2.60 bits per heavy atom. The fraction of sp³-hybridized carbons (Fsp3) is 0.222. The topological polar surface area (TPSA) is 33.4 Å². The van der Waals surface area contributed by atoms with Gasteiger partial charge in [0, 0.05) is 5.39 Å². The van der Waals surface area contributed by atoms with Crippen LogP contribution < -0.4 is 0 Å². The predicted molar refractivity (Wildman–Crippen MR) is 80.7 cm³/mol. The first-order chi connectivity index (χ1) is 9.74. The molecule has 0 radical (unpaired) electrons. The number of benzene rings is 2. The molecule has 2 aromatic carbocycles. The molecular formula is C18H18O2. The first-order valence-electron chi connectivity index (χ1n) is 6.95. The molecule has 102 valence electrons. The van der Waals surface area contributed by atoms with Gasteiger partial charge in [0.05, 0.1) is 0 Å². The second-order valence-corrected chi connectivity index (χ2v) is 5.18. The highest BCUT2D eigenvalue weighted by atomic mass is 16.4. The predicted octanol–water partition coefficient (Wildman–Crippen LogP) is 4.41. The summed E-state index contributed by atoms with van der Waals surface area (Å²) < 4.78 is 5.80. The Bertz CT molecular complexity index is 698. The monoisotopic (exact) mass is 266 g/mol. The van der Waals surface area contributed by atoms with E-state index in [1.54, 1.807) is 0 Å². The van der Waals surface area contributed by atoms with E-state index >= 15 is 0 Å². The lowest BCUT2D eigenvalue weighted by Gasteiger charge is -2.07. The average molecular weight is 266 g/mol.